The van der Waals surface area contributed by atoms with E-state index in [4.69, 9.17) is 0 Å². The highest BCUT2D eigenvalue weighted by Crippen LogP contribution is 2.44. The zero-order chi connectivity index (χ0) is 15.0. The Morgan fingerprint density at radius 3 is 2.36 bits per heavy atom. The molecule has 0 unspecified atom stereocenters. The molecule has 1 spiro atoms. The molecule has 2 atom stereocenters. The first-order chi connectivity index (χ1) is 10.8. The van der Waals surface area contributed by atoms with Crippen molar-refractivity contribution in [3.63, 3.8) is 0 Å². The Bertz CT molecular complexity index is 688. The molecule has 2 aliphatic heterocycles. The summed E-state index contributed by atoms with van der Waals surface area (Å²) in [7, 11) is 0. The minimum Gasteiger partial charge on any atom is -0.462 e. The van der Waals surface area contributed by atoms with Gasteiger partial charge in [0.2, 0.25) is 11.6 Å². The highest BCUT2D eigenvalue weighted by Gasteiger charge is 2.65. The number of benzene rings is 2. The van der Waals surface area contributed by atoms with Gasteiger partial charge in [0.1, 0.15) is 0 Å². The van der Waals surface area contributed by atoms with Crippen LogP contribution < -0.4 is 5.32 Å². The number of hydrogen-bond donors (Lipinski definition) is 2. The van der Waals surface area contributed by atoms with E-state index < -0.39 is 0 Å². The summed E-state index contributed by atoms with van der Waals surface area (Å²) in [5.41, 5.74) is 2.24. The lowest BCUT2D eigenvalue weighted by atomic mass is 9.77. The molecule has 112 valence electrons. The first-order valence-corrected chi connectivity index (χ1v) is 7.98. The maximum Gasteiger partial charge on any atom is 0.363 e. The minimum atomic E-state index is -0.254. The standard InChI is InChI=1S/C19H20N2O/c22-18-19(12-7-13-20-19)17(16-10-5-2-6-11-16)21(18)14-15-8-3-1-4-9-15/h1-6,8-11,17,20H,7,12-14H2/p+1/t17-,19+/m0/s1. The monoisotopic (exact) mass is 293 g/mol. The van der Waals surface area contributed by atoms with Crippen molar-refractivity contribution in [1.29, 1.82) is 0 Å². The van der Waals surface area contributed by atoms with Crippen LogP contribution in [0.5, 0.6) is 0 Å². The zero-order valence-corrected chi connectivity index (χ0v) is 12.6. The first-order valence-electron chi connectivity index (χ1n) is 7.98. The van der Waals surface area contributed by atoms with Crippen LogP contribution in [-0.2, 0) is 6.54 Å². The quantitative estimate of drug-likeness (QED) is 0.853. The molecule has 0 bridgehead atoms. The zero-order valence-electron chi connectivity index (χ0n) is 12.6. The van der Waals surface area contributed by atoms with Gasteiger partial charge in [0, 0.05) is 11.1 Å². The summed E-state index contributed by atoms with van der Waals surface area (Å²) in [5, 5.41) is 14.3. The summed E-state index contributed by atoms with van der Waals surface area (Å²) >= 11 is 0. The molecule has 3 nitrogen and oxygen atoms in total. The molecule has 0 aromatic heterocycles. The summed E-state index contributed by atoms with van der Waals surface area (Å²) in [6.45, 7) is 1.72. The fraction of sp³-hybridized carbons (Fsp3) is 0.316. The van der Waals surface area contributed by atoms with Crippen LogP contribution in [0.15, 0.2) is 60.7 Å². The Labute approximate surface area is 130 Å². The van der Waals surface area contributed by atoms with Gasteiger partial charge >= 0.3 is 5.90 Å². The van der Waals surface area contributed by atoms with E-state index in [1.54, 1.807) is 0 Å². The Balaban J connectivity index is 1.73. The molecule has 2 aliphatic rings. The van der Waals surface area contributed by atoms with Gasteiger partial charge in [0.25, 0.3) is 0 Å². The molecule has 2 aromatic carbocycles. The molecule has 2 aromatic rings. The van der Waals surface area contributed by atoms with E-state index >= 15 is 0 Å². The van der Waals surface area contributed by atoms with Crippen molar-refractivity contribution in [3.8, 4) is 0 Å². The molecule has 4 rings (SSSR count). The predicted octanol–water partition coefficient (Wildman–Crippen LogP) is 3.03. The number of aliphatic hydroxyl groups is 1. The van der Waals surface area contributed by atoms with E-state index in [1.165, 1.54) is 11.1 Å². The summed E-state index contributed by atoms with van der Waals surface area (Å²) in [6.07, 6.45) is 2.12. The van der Waals surface area contributed by atoms with Crippen LogP contribution in [0.4, 0.5) is 0 Å². The summed E-state index contributed by atoms with van der Waals surface area (Å²) in [4.78, 5) is 0. The number of rotatable bonds is 3. The molecule has 3 heteroatoms. The molecule has 22 heavy (non-hydrogen) atoms. The highest BCUT2D eigenvalue weighted by atomic mass is 16.3. The SMILES string of the molecule is OC1=[N+](Cc2ccccc2)[C@@H](c2ccccc2)[C@]12CCCN2. The van der Waals surface area contributed by atoms with Gasteiger partial charge in [-0.15, -0.1) is 0 Å². The van der Waals surface area contributed by atoms with Gasteiger partial charge in [0.15, 0.2) is 6.54 Å². The lowest BCUT2D eigenvalue weighted by Gasteiger charge is -2.40. The number of nitrogens with one attached hydrogen (secondary N) is 1. The molecular weight excluding hydrogens is 272 g/mol. The third-order valence-corrected chi connectivity index (χ3v) is 4.95. The average Bonchev–Trinajstić information content (AvgIpc) is 3.08. The second-order valence-corrected chi connectivity index (χ2v) is 6.25. The second-order valence-electron chi connectivity index (χ2n) is 6.25. The van der Waals surface area contributed by atoms with Crippen molar-refractivity contribution in [3.05, 3.63) is 71.8 Å². The lowest BCUT2D eigenvalue weighted by molar-refractivity contribution is -0.637. The molecular formula is C19H21N2O+. The Kier molecular flexibility index (Phi) is 3.23. The van der Waals surface area contributed by atoms with Gasteiger partial charge in [-0.1, -0.05) is 60.7 Å². The van der Waals surface area contributed by atoms with E-state index in [0.29, 0.717) is 5.90 Å². The fourth-order valence-electron chi connectivity index (χ4n) is 3.94. The van der Waals surface area contributed by atoms with Crippen LogP contribution in [0, 0.1) is 0 Å². The van der Waals surface area contributed by atoms with Gasteiger partial charge in [-0.3, -0.25) is 5.32 Å². The van der Waals surface area contributed by atoms with Gasteiger partial charge in [-0.25, -0.2) is 0 Å². The largest absolute Gasteiger partial charge is 0.462 e. The van der Waals surface area contributed by atoms with Crippen molar-refractivity contribution in [2.45, 2.75) is 31.0 Å². The summed E-state index contributed by atoms with van der Waals surface area (Å²) in [6, 6.07) is 21.1. The lowest BCUT2D eigenvalue weighted by Crippen LogP contribution is -2.66. The van der Waals surface area contributed by atoms with Crippen molar-refractivity contribution < 1.29 is 9.68 Å². The van der Waals surface area contributed by atoms with E-state index in [9.17, 15) is 5.11 Å². The maximum absolute atomic E-state index is 10.7. The third kappa shape index (κ3) is 1.97. The first kappa shape index (κ1) is 13.5. The minimum absolute atomic E-state index is 0.205. The van der Waals surface area contributed by atoms with Crippen molar-refractivity contribution >= 4 is 5.90 Å². The molecule has 0 radical (unpaired) electrons. The summed E-state index contributed by atoms with van der Waals surface area (Å²) in [5.74, 6) is 0.503. The molecule has 0 saturated carbocycles. The number of hydrogen-bond acceptors (Lipinski definition) is 1. The molecule has 0 amide bonds. The van der Waals surface area contributed by atoms with Gasteiger partial charge in [-0.2, -0.15) is 4.58 Å². The molecule has 1 saturated heterocycles. The van der Waals surface area contributed by atoms with Gasteiger partial charge in [-0.05, 0) is 19.4 Å². The van der Waals surface area contributed by atoms with Crippen molar-refractivity contribution in [2.75, 3.05) is 6.54 Å². The summed E-state index contributed by atoms with van der Waals surface area (Å²) < 4.78 is 2.13. The number of aliphatic hydroxyl groups excluding tert-OH is 1. The van der Waals surface area contributed by atoms with Crippen LogP contribution in [-0.4, -0.2) is 27.7 Å². The van der Waals surface area contributed by atoms with E-state index in [0.717, 1.165) is 25.9 Å². The smallest absolute Gasteiger partial charge is 0.363 e. The Morgan fingerprint density at radius 2 is 1.73 bits per heavy atom. The van der Waals surface area contributed by atoms with Crippen molar-refractivity contribution in [2.24, 2.45) is 0 Å². The molecule has 0 aliphatic carbocycles. The maximum atomic E-state index is 10.7. The van der Waals surface area contributed by atoms with Gasteiger partial charge in [0.05, 0.1) is 0 Å². The van der Waals surface area contributed by atoms with Gasteiger partial charge < -0.3 is 5.11 Å². The van der Waals surface area contributed by atoms with Crippen LogP contribution in [0.25, 0.3) is 0 Å². The van der Waals surface area contributed by atoms with E-state index in [-0.39, 0.29) is 11.6 Å². The molecule has 2 heterocycles. The highest BCUT2D eigenvalue weighted by molar-refractivity contribution is 5.85. The fourth-order valence-corrected chi connectivity index (χ4v) is 3.94. The molecule has 1 fully saturated rings. The average molecular weight is 293 g/mol. The topological polar surface area (TPSA) is 35.3 Å². The van der Waals surface area contributed by atoms with E-state index in [2.05, 4.69) is 46.3 Å². The van der Waals surface area contributed by atoms with Crippen LogP contribution >= 0.6 is 0 Å². The van der Waals surface area contributed by atoms with E-state index in [1.807, 2.05) is 24.3 Å². The second kappa shape index (κ2) is 5.25. The van der Waals surface area contributed by atoms with Crippen molar-refractivity contribution in [1.82, 2.24) is 5.32 Å². The Morgan fingerprint density at radius 1 is 1.05 bits per heavy atom. The van der Waals surface area contributed by atoms with Crippen LogP contribution in [0.1, 0.15) is 30.0 Å². The number of nitrogens with zero attached hydrogens (tertiary/aromatic N) is 1. The predicted molar refractivity (Wildman–Crippen MR) is 87.2 cm³/mol. The normalized spacial score (nSPS) is 27.2. The van der Waals surface area contributed by atoms with Crippen LogP contribution in [0.2, 0.25) is 0 Å². The third-order valence-electron chi connectivity index (χ3n) is 4.95. The molecule has 2 N–H and O–H groups in total. The van der Waals surface area contributed by atoms with Crippen LogP contribution in [0.3, 0.4) is 0 Å². The Hall–Kier alpha value is -2.13.